The summed E-state index contributed by atoms with van der Waals surface area (Å²) in [5.74, 6) is 1.92. The smallest absolute Gasteiger partial charge is 0.343 e. The summed E-state index contributed by atoms with van der Waals surface area (Å²) in [7, 11) is 0. The van der Waals surface area contributed by atoms with Crippen molar-refractivity contribution in [2.24, 2.45) is 5.92 Å². The van der Waals surface area contributed by atoms with Crippen LogP contribution in [0.15, 0.2) is 48.5 Å². The fourth-order valence-electron chi connectivity index (χ4n) is 3.94. The van der Waals surface area contributed by atoms with E-state index in [1.165, 1.54) is 50.5 Å². The predicted molar refractivity (Wildman–Crippen MR) is 107 cm³/mol. The van der Waals surface area contributed by atoms with Crippen molar-refractivity contribution in [2.75, 3.05) is 0 Å². The van der Waals surface area contributed by atoms with Gasteiger partial charge in [0.25, 0.3) is 0 Å². The number of carbonyl (C=O) groups excluding carboxylic acids is 1. The fourth-order valence-corrected chi connectivity index (χ4v) is 3.94. The van der Waals surface area contributed by atoms with Gasteiger partial charge in [0.2, 0.25) is 0 Å². The van der Waals surface area contributed by atoms with Gasteiger partial charge in [0, 0.05) is 0 Å². The van der Waals surface area contributed by atoms with Crippen molar-refractivity contribution in [3.8, 4) is 5.75 Å². The molecule has 0 aromatic heterocycles. The zero-order chi connectivity index (χ0) is 18.4. The number of carbonyl (C=O) groups is 1. The van der Waals surface area contributed by atoms with Gasteiger partial charge in [-0.2, -0.15) is 0 Å². The molecule has 0 bridgehead atoms. The van der Waals surface area contributed by atoms with Crippen LogP contribution in [-0.2, 0) is 0 Å². The number of hydrogen-bond donors (Lipinski definition) is 0. The third kappa shape index (κ3) is 4.97. The molecule has 0 heterocycles. The average molecular weight is 351 g/mol. The van der Waals surface area contributed by atoms with E-state index in [9.17, 15) is 4.79 Å². The molecule has 1 aliphatic carbocycles. The van der Waals surface area contributed by atoms with Gasteiger partial charge in [-0.1, -0.05) is 56.0 Å². The molecule has 1 fully saturated rings. The third-order valence-electron chi connectivity index (χ3n) is 5.66. The van der Waals surface area contributed by atoms with Crippen molar-refractivity contribution in [3.05, 3.63) is 65.2 Å². The number of esters is 1. The lowest BCUT2D eigenvalue weighted by atomic mass is 9.77. The predicted octanol–water partition coefficient (Wildman–Crippen LogP) is 6.68. The van der Waals surface area contributed by atoms with Crippen molar-refractivity contribution in [1.82, 2.24) is 0 Å². The SMILES string of the molecule is CCCCC1CCC(c2ccc(OC(=O)c3ccc(C)cc3)cc2)CC1. The quantitative estimate of drug-likeness (QED) is 0.429. The molecule has 0 radical (unpaired) electrons. The van der Waals surface area contributed by atoms with Crippen LogP contribution in [0.4, 0.5) is 0 Å². The van der Waals surface area contributed by atoms with Crippen LogP contribution in [0.1, 0.15) is 79.3 Å². The van der Waals surface area contributed by atoms with Gasteiger partial charge in [-0.05, 0) is 74.3 Å². The standard InChI is InChI=1S/C24H30O2/c1-3-4-5-19-8-12-20(13-9-19)21-14-16-23(17-15-21)26-24(25)22-10-6-18(2)7-11-22/h6-7,10-11,14-17,19-20H,3-5,8-9,12-13H2,1-2H3. The number of benzene rings is 2. The summed E-state index contributed by atoms with van der Waals surface area (Å²) in [5.41, 5.74) is 3.11. The Morgan fingerprint density at radius 1 is 0.962 bits per heavy atom. The molecule has 2 nitrogen and oxygen atoms in total. The monoisotopic (exact) mass is 350 g/mol. The zero-order valence-electron chi connectivity index (χ0n) is 16.0. The summed E-state index contributed by atoms with van der Waals surface area (Å²) in [4.78, 5) is 12.2. The van der Waals surface area contributed by atoms with E-state index in [0.29, 0.717) is 17.2 Å². The molecule has 1 aliphatic rings. The molecular formula is C24H30O2. The Morgan fingerprint density at radius 3 is 2.23 bits per heavy atom. The molecule has 0 unspecified atom stereocenters. The Hall–Kier alpha value is -2.09. The normalized spacial score (nSPS) is 19.9. The average Bonchev–Trinajstić information content (AvgIpc) is 2.68. The zero-order valence-corrected chi connectivity index (χ0v) is 16.0. The largest absolute Gasteiger partial charge is 0.423 e. The van der Waals surface area contributed by atoms with Crippen molar-refractivity contribution >= 4 is 5.97 Å². The highest BCUT2D eigenvalue weighted by molar-refractivity contribution is 5.91. The van der Waals surface area contributed by atoms with E-state index in [4.69, 9.17) is 4.74 Å². The molecule has 138 valence electrons. The van der Waals surface area contributed by atoms with E-state index in [0.717, 1.165) is 11.5 Å². The van der Waals surface area contributed by atoms with Crippen LogP contribution in [0.3, 0.4) is 0 Å². The Morgan fingerprint density at radius 2 is 1.62 bits per heavy atom. The summed E-state index contributed by atoms with van der Waals surface area (Å²) in [5, 5.41) is 0. The molecule has 2 aromatic carbocycles. The van der Waals surface area contributed by atoms with Gasteiger partial charge < -0.3 is 4.74 Å². The van der Waals surface area contributed by atoms with Gasteiger partial charge in [0.05, 0.1) is 5.56 Å². The van der Waals surface area contributed by atoms with Gasteiger partial charge in [0.1, 0.15) is 5.75 Å². The Balaban J connectivity index is 1.54. The highest BCUT2D eigenvalue weighted by Crippen LogP contribution is 2.38. The Labute approximate surface area is 157 Å². The van der Waals surface area contributed by atoms with Crippen molar-refractivity contribution in [1.29, 1.82) is 0 Å². The first-order chi connectivity index (χ1) is 12.7. The summed E-state index contributed by atoms with van der Waals surface area (Å²) in [6.45, 7) is 4.28. The van der Waals surface area contributed by atoms with E-state index in [1.807, 2.05) is 43.3 Å². The minimum absolute atomic E-state index is 0.297. The molecule has 0 atom stereocenters. The van der Waals surface area contributed by atoms with Gasteiger partial charge in [-0.25, -0.2) is 4.79 Å². The van der Waals surface area contributed by atoms with E-state index in [2.05, 4.69) is 19.1 Å². The van der Waals surface area contributed by atoms with Crippen molar-refractivity contribution in [3.63, 3.8) is 0 Å². The minimum atomic E-state index is -0.297. The van der Waals surface area contributed by atoms with Crippen molar-refractivity contribution in [2.45, 2.75) is 64.7 Å². The second kappa shape index (κ2) is 9.02. The maximum Gasteiger partial charge on any atom is 0.343 e. The molecule has 3 rings (SSSR count). The van der Waals surface area contributed by atoms with Crippen LogP contribution in [0.2, 0.25) is 0 Å². The molecule has 26 heavy (non-hydrogen) atoms. The first kappa shape index (κ1) is 18.7. The van der Waals surface area contributed by atoms with E-state index < -0.39 is 0 Å². The lowest BCUT2D eigenvalue weighted by molar-refractivity contribution is 0.0734. The molecule has 0 amide bonds. The topological polar surface area (TPSA) is 26.3 Å². The summed E-state index contributed by atoms with van der Waals surface area (Å²) in [6, 6.07) is 15.6. The molecule has 2 aromatic rings. The first-order valence-electron chi connectivity index (χ1n) is 10.0. The van der Waals surface area contributed by atoms with Crippen LogP contribution < -0.4 is 4.74 Å². The molecule has 1 saturated carbocycles. The summed E-state index contributed by atoms with van der Waals surface area (Å²) >= 11 is 0. The van der Waals surface area contributed by atoms with Crippen LogP contribution in [0, 0.1) is 12.8 Å². The highest BCUT2D eigenvalue weighted by Gasteiger charge is 2.22. The van der Waals surface area contributed by atoms with Crippen LogP contribution >= 0.6 is 0 Å². The molecule has 2 heteroatoms. The van der Waals surface area contributed by atoms with Crippen LogP contribution in [-0.4, -0.2) is 5.97 Å². The minimum Gasteiger partial charge on any atom is -0.423 e. The Bertz CT molecular complexity index is 692. The fraction of sp³-hybridized carbons (Fsp3) is 0.458. The second-order valence-corrected chi connectivity index (χ2v) is 7.68. The lowest BCUT2D eigenvalue weighted by Gasteiger charge is -2.28. The summed E-state index contributed by atoms with van der Waals surface area (Å²) < 4.78 is 5.51. The lowest BCUT2D eigenvalue weighted by Crippen LogP contribution is -2.13. The maximum atomic E-state index is 12.2. The molecular weight excluding hydrogens is 320 g/mol. The van der Waals surface area contributed by atoms with Gasteiger partial charge in [-0.15, -0.1) is 0 Å². The van der Waals surface area contributed by atoms with E-state index in [1.54, 1.807) is 0 Å². The molecule has 0 spiro atoms. The van der Waals surface area contributed by atoms with E-state index in [-0.39, 0.29) is 5.97 Å². The number of rotatable bonds is 6. The maximum absolute atomic E-state index is 12.2. The summed E-state index contributed by atoms with van der Waals surface area (Å²) in [6.07, 6.45) is 9.37. The highest BCUT2D eigenvalue weighted by atomic mass is 16.5. The second-order valence-electron chi connectivity index (χ2n) is 7.68. The molecule has 0 N–H and O–H groups in total. The molecule has 0 saturated heterocycles. The van der Waals surface area contributed by atoms with Gasteiger partial charge >= 0.3 is 5.97 Å². The van der Waals surface area contributed by atoms with Gasteiger partial charge in [-0.3, -0.25) is 0 Å². The Kier molecular flexibility index (Phi) is 6.49. The van der Waals surface area contributed by atoms with E-state index >= 15 is 0 Å². The molecule has 0 aliphatic heterocycles. The van der Waals surface area contributed by atoms with Crippen molar-refractivity contribution < 1.29 is 9.53 Å². The van der Waals surface area contributed by atoms with Crippen LogP contribution in [0.25, 0.3) is 0 Å². The van der Waals surface area contributed by atoms with Gasteiger partial charge in [0.15, 0.2) is 0 Å². The van der Waals surface area contributed by atoms with Crippen LogP contribution in [0.5, 0.6) is 5.75 Å². The number of aryl methyl sites for hydroxylation is 1. The first-order valence-corrected chi connectivity index (χ1v) is 10.0. The number of ether oxygens (including phenoxy) is 1. The number of hydrogen-bond acceptors (Lipinski definition) is 2. The third-order valence-corrected chi connectivity index (χ3v) is 5.66. The number of unbranched alkanes of at least 4 members (excludes halogenated alkanes) is 1.